The summed E-state index contributed by atoms with van der Waals surface area (Å²) in [6, 6.07) is 19.9. The molecule has 0 aliphatic carbocycles. The third-order valence-corrected chi connectivity index (χ3v) is 12.1. The molecule has 3 saturated heterocycles. The van der Waals surface area contributed by atoms with Crippen LogP contribution in [0.3, 0.4) is 0 Å². The zero-order valence-corrected chi connectivity index (χ0v) is 39.5. The summed E-state index contributed by atoms with van der Waals surface area (Å²) in [5.74, 6) is 1.19. The number of carbonyl (C=O) groups is 1. The molecule has 0 unspecified atom stereocenters. The fourth-order valence-corrected chi connectivity index (χ4v) is 8.52. The van der Waals surface area contributed by atoms with Gasteiger partial charge in [0, 0.05) is 113 Å². The smallest absolute Gasteiger partial charge is 0.222 e. The number of methoxy groups -OCH3 is 1. The first-order valence-corrected chi connectivity index (χ1v) is 22.0. The molecular formula is C49H77ClN6O2. The van der Waals surface area contributed by atoms with E-state index in [9.17, 15) is 4.79 Å². The van der Waals surface area contributed by atoms with Crippen LogP contribution in [0.2, 0.25) is 5.02 Å². The van der Waals surface area contributed by atoms with E-state index in [1.165, 1.54) is 52.4 Å². The number of rotatable bonds is 5. The van der Waals surface area contributed by atoms with Crippen LogP contribution in [0.25, 0.3) is 0 Å². The van der Waals surface area contributed by atoms with E-state index in [1.54, 1.807) is 7.11 Å². The maximum atomic E-state index is 11.8. The summed E-state index contributed by atoms with van der Waals surface area (Å²) < 4.78 is 5.59. The number of carbonyl (C=O) groups excluding carboxylic acids is 1. The van der Waals surface area contributed by atoms with E-state index in [2.05, 4.69) is 162 Å². The first-order valence-electron chi connectivity index (χ1n) is 21.6. The Balaban J connectivity index is 0.000000194. The lowest BCUT2D eigenvalue weighted by molar-refractivity contribution is -0.131. The van der Waals surface area contributed by atoms with Gasteiger partial charge in [-0.3, -0.25) is 4.79 Å². The Morgan fingerprint density at radius 3 is 1.33 bits per heavy atom. The summed E-state index contributed by atoms with van der Waals surface area (Å²) in [4.78, 5) is 25.7. The predicted molar refractivity (Wildman–Crippen MR) is 250 cm³/mol. The Hall–Kier alpha value is -3.46. The van der Waals surface area contributed by atoms with Crippen molar-refractivity contribution in [3.05, 3.63) is 81.9 Å². The van der Waals surface area contributed by atoms with Gasteiger partial charge in [-0.05, 0) is 89.8 Å². The number of piperazine rings is 3. The molecule has 0 atom stereocenters. The minimum atomic E-state index is 0.0656. The number of aryl methyl sites for hydroxylation is 1. The summed E-state index contributed by atoms with van der Waals surface area (Å²) in [5.41, 5.74) is 9.54. The van der Waals surface area contributed by atoms with Crippen molar-refractivity contribution in [2.75, 3.05) is 114 Å². The maximum absolute atomic E-state index is 11.8. The van der Waals surface area contributed by atoms with Gasteiger partial charge >= 0.3 is 0 Å². The van der Waals surface area contributed by atoms with E-state index in [-0.39, 0.29) is 22.2 Å². The topological polar surface area (TPSA) is 45.7 Å². The molecule has 0 aromatic heterocycles. The van der Waals surface area contributed by atoms with Gasteiger partial charge in [-0.2, -0.15) is 0 Å². The predicted octanol–water partition coefficient (Wildman–Crippen LogP) is 9.48. The van der Waals surface area contributed by atoms with E-state index in [4.69, 9.17) is 16.3 Å². The van der Waals surface area contributed by atoms with Crippen molar-refractivity contribution < 1.29 is 9.53 Å². The van der Waals surface area contributed by atoms with E-state index in [0.717, 1.165) is 76.2 Å². The van der Waals surface area contributed by atoms with Crippen molar-refractivity contribution in [1.82, 2.24) is 14.7 Å². The molecule has 0 spiro atoms. The minimum Gasteiger partial charge on any atom is -0.496 e. The number of halogens is 1. The summed E-state index contributed by atoms with van der Waals surface area (Å²) in [5, 5.41) is 0.888. The van der Waals surface area contributed by atoms with Crippen molar-refractivity contribution >= 4 is 34.6 Å². The lowest BCUT2D eigenvalue weighted by Gasteiger charge is -2.36. The monoisotopic (exact) mass is 817 g/mol. The van der Waals surface area contributed by atoms with Crippen LogP contribution in [0.5, 0.6) is 5.75 Å². The molecule has 3 aromatic carbocycles. The highest BCUT2D eigenvalue weighted by Crippen LogP contribution is 2.35. The van der Waals surface area contributed by atoms with Crippen LogP contribution < -0.4 is 19.4 Å². The van der Waals surface area contributed by atoms with Crippen LogP contribution in [0.1, 0.15) is 97.9 Å². The zero-order valence-electron chi connectivity index (χ0n) is 38.8. The molecular weight excluding hydrogens is 740 g/mol. The van der Waals surface area contributed by atoms with E-state index >= 15 is 0 Å². The fraction of sp³-hybridized carbons (Fsp3) is 0.612. The van der Waals surface area contributed by atoms with Crippen molar-refractivity contribution in [1.29, 1.82) is 0 Å². The Bertz CT molecular complexity index is 1690. The first kappa shape index (κ1) is 47.2. The second kappa shape index (κ2) is 20.2. The molecule has 3 aromatic rings. The molecule has 3 aliphatic rings. The third-order valence-electron chi connectivity index (χ3n) is 11.8. The van der Waals surface area contributed by atoms with Crippen LogP contribution >= 0.6 is 11.6 Å². The zero-order chi connectivity index (χ0) is 43.0. The summed E-state index contributed by atoms with van der Waals surface area (Å²) in [6.45, 7) is 36.6. The van der Waals surface area contributed by atoms with Gasteiger partial charge in [-0.25, -0.2) is 0 Å². The molecule has 322 valence electrons. The third kappa shape index (κ3) is 13.0. The number of ether oxygens (including phenoxy) is 1. The summed E-state index contributed by atoms with van der Waals surface area (Å²) >= 11 is 6.42. The highest BCUT2D eigenvalue weighted by molar-refractivity contribution is 6.31. The van der Waals surface area contributed by atoms with Crippen LogP contribution in [-0.2, 0) is 21.0 Å². The van der Waals surface area contributed by atoms with Crippen molar-refractivity contribution in [2.45, 2.75) is 98.8 Å². The standard InChI is InChI=1S/C18H28N2O2.C16H26N2.C15H23ClN2/c1-6-17(21)20-11-9-19(10-12-20)14-7-8-15(18(2,3)4)16(13-14)22-5;1-13-12-14(6-7-15(13)16(2,3)4)18-10-8-17(5)9-11-18;1-15(2,3)13-6-5-12(11-14(13)16)18-9-7-17(4)8-10-18/h7-8,13H,6,9-12H2,1-5H3;6-7,12H,8-11H2,1-5H3;5-6,11H,7-10H2,1-4H3. The molecule has 3 heterocycles. The molecule has 1 amide bonds. The second-order valence-electron chi connectivity index (χ2n) is 19.6. The van der Waals surface area contributed by atoms with Crippen LogP contribution in [0.4, 0.5) is 17.1 Å². The largest absolute Gasteiger partial charge is 0.496 e. The number of likely N-dealkylation sites (N-methyl/N-ethyl adjacent to an activating group) is 2. The van der Waals surface area contributed by atoms with Crippen LogP contribution in [0, 0.1) is 6.92 Å². The number of nitrogens with zero attached hydrogens (tertiary/aromatic N) is 6. The average molecular weight is 818 g/mol. The van der Waals surface area contributed by atoms with Gasteiger partial charge in [-0.15, -0.1) is 0 Å². The molecule has 6 rings (SSSR count). The van der Waals surface area contributed by atoms with Crippen molar-refractivity contribution in [2.24, 2.45) is 0 Å². The lowest BCUT2D eigenvalue weighted by Crippen LogP contribution is -2.48. The number of hydrogen-bond acceptors (Lipinski definition) is 7. The lowest BCUT2D eigenvalue weighted by atomic mass is 9.84. The Morgan fingerprint density at radius 1 is 0.569 bits per heavy atom. The molecule has 58 heavy (non-hydrogen) atoms. The Labute approximate surface area is 358 Å². The maximum Gasteiger partial charge on any atom is 0.222 e. The molecule has 0 radical (unpaired) electrons. The van der Waals surface area contributed by atoms with Crippen molar-refractivity contribution in [3.8, 4) is 5.75 Å². The van der Waals surface area contributed by atoms with Crippen LogP contribution in [-0.4, -0.2) is 120 Å². The quantitative estimate of drug-likeness (QED) is 0.254. The van der Waals surface area contributed by atoms with Gasteiger partial charge in [0.25, 0.3) is 0 Å². The molecule has 3 aliphatic heterocycles. The molecule has 0 N–H and O–H groups in total. The first-order chi connectivity index (χ1) is 27.1. The number of amides is 1. The second-order valence-corrected chi connectivity index (χ2v) is 20.0. The van der Waals surface area contributed by atoms with Crippen molar-refractivity contribution in [3.63, 3.8) is 0 Å². The van der Waals surface area contributed by atoms with Gasteiger partial charge in [0.15, 0.2) is 0 Å². The van der Waals surface area contributed by atoms with Gasteiger partial charge in [-0.1, -0.05) is 99.0 Å². The van der Waals surface area contributed by atoms with Crippen LogP contribution in [0.15, 0.2) is 54.6 Å². The van der Waals surface area contributed by atoms with E-state index < -0.39 is 0 Å². The van der Waals surface area contributed by atoms with Gasteiger partial charge in [0.1, 0.15) is 5.75 Å². The fourth-order valence-electron chi connectivity index (χ4n) is 8.06. The molecule has 0 bridgehead atoms. The normalized spacial score (nSPS) is 17.3. The number of anilines is 3. The van der Waals surface area contributed by atoms with E-state index in [1.807, 2.05) is 11.8 Å². The summed E-state index contributed by atoms with van der Waals surface area (Å²) in [6.07, 6.45) is 0.591. The van der Waals surface area contributed by atoms with Gasteiger partial charge in [0.05, 0.1) is 7.11 Å². The number of benzene rings is 3. The average Bonchev–Trinajstić information content (AvgIpc) is 3.17. The van der Waals surface area contributed by atoms with Gasteiger partial charge in [0.2, 0.25) is 5.91 Å². The molecule has 3 fully saturated rings. The van der Waals surface area contributed by atoms with E-state index in [0.29, 0.717) is 6.42 Å². The summed E-state index contributed by atoms with van der Waals surface area (Å²) in [7, 11) is 6.10. The molecule has 8 nitrogen and oxygen atoms in total. The highest BCUT2D eigenvalue weighted by Gasteiger charge is 2.24. The highest BCUT2D eigenvalue weighted by atomic mass is 35.5. The van der Waals surface area contributed by atoms with Gasteiger partial charge < -0.3 is 34.1 Å². The molecule has 0 saturated carbocycles. The minimum absolute atomic E-state index is 0.0656. The Morgan fingerprint density at radius 2 is 0.948 bits per heavy atom. The SMILES string of the molecule is CCC(=O)N1CCN(c2ccc(C(C)(C)C)c(OC)c2)CC1.CN1CCN(c2ccc(C(C)(C)C)c(Cl)c2)CC1.Cc1cc(N2CCN(C)CC2)ccc1C(C)(C)C. The number of hydrogen-bond donors (Lipinski definition) is 0. The Kier molecular flexibility index (Phi) is 16.4. The molecule has 9 heteroatoms.